The monoisotopic (exact) mass is 512 g/mol. The lowest BCUT2D eigenvalue weighted by Crippen LogP contribution is -2.48. The van der Waals surface area contributed by atoms with E-state index in [1.807, 2.05) is 0 Å². The number of carbonyl (C=O) groups excluding carboxylic acids is 2. The van der Waals surface area contributed by atoms with Crippen LogP contribution >= 0.6 is 23.2 Å². The van der Waals surface area contributed by atoms with Crippen molar-refractivity contribution in [3.05, 3.63) is 52.5 Å². The Hall–Kier alpha value is -2.17. The smallest absolute Gasteiger partial charge is 0.252 e. The lowest BCUT2D eigenvalue weighted by Gasteiger charge is -2.29. The Bertz CT molecular complexity index is 1170. The van der Waals surface area contributed by atoms with E-state index in [2.05, 4.69) is 0 Å². The summed E-state index contributed by atoms with van der Waals surface area (Å²) in [6, 6.07) is 9.25. The number of halogens is 2. The summed E-state index contributed by atoms with van der Waals surface area (Å²) in [6.07, 6.45) is 0.739. The van der Waals surface area contributed by atoms with Crippen molar-refractivity contribution in [1.29, 1.82) is 0 Å². The first kappa shape index (κ1) is 24.0. The van der Waals surface area contributed by atoms with Crippen LogP contribution in [0, 0.1) is 0 Å². The van der Waals surface area contributed by atoms with Crippen LogP contribution in [0.15, 0.2) is 47.4 Å². The van der Waals surface area contributed by atoms with Gasteiger partial charge in [0, 0.05) is 18.2 Å². The molecule has 176 valence electrons. The van der Waals surface area contributed by atoms with E-state index in [0.29, 0.717) is 24.5 Å². The van der Waals surface area contributed by atoms with Crippen molar-refractivity contribution in [3.63, 3.8) is 0 Å². The van der Waals surface area contributed by atoms with Gasteiger partial charge in [0.1, 0.15) is 16.7 Å². The lowest BCUT2D eigenvalue weighted by atomic mass is 10.2. The second kappa shape index (κ2) is 9.60. The van der Waals surface area contributed by atoms with Crippen LogP contribution in [-0.4, -0.2) is 56.9 Å². The van der Waals surface area contributed by atoms with Crippen molar-refractivity contribution in [2.45, 2.75) is 36.3 Å². The number of nitrogens with zero attached hydrogens (tertiary/aromatic N) is 2. The standard InChI is InChI=1S/C22H22Cl2N2O6S/c1-31-16-7-5-15(6-8-16)26-21(27)12-19(22(26)28)25(13-17-3-2-10-32-17)33(29,30)20-11-14(23)4-9-18(20)24/h4-9,11,17,19H,2-3,10,12-13H2,1H3. The quantitative estimate of drug-likeness (QED) is 0.527. The van der Waals surface area contributed by atoms with Gasteiger partial charge >= 0.3 is 0 Å². The summed E-state index contributed by atoms with van der Waals surface area (Å²) >= 11 is 12.2. The number of hydrogen-bond donors (Lipinski definition) is 0. The van der Waals surface area contributed by atoms with E-state index < -0.39 is 34.0 Å². The van der Waals surface area contributed by atoms with Crippen LogP contribution in [0.3, 0.4) is 0 Å². The third-order valence-electron chi connectivity index (χ3n) is 5.69. The summed E-state index contributed by atoms with van der Waals surface area (Å²) in [6.45, 7) is 0.428. The highest BCUT2D eigenvalue weighted by molar-refractivity contribution is 7.89. The average Bonchev–Trinajstić information content (AvgIpc) is 3.41. The van der Waals surface area contributed by atoms with Crippen LogP contribution < -0.4 is 9.64 Å². The highest BCUT2D eigenvalue weighted by atomic mass is 35.5. The normalized spacial score (nSPS) is 21.3. The number of amides is 2. The largest absolute Gasteiger partial charge is 0.497 e. The molecular weight excluding hydrogens is 491 g/mol. The molecule has 0 aliphatic carbocycles. The summed E-state index contributed by atoms with van der Waals surface area (Å²) in [7, 11) is -2.77. The molecule has 2 atom stereocenters. The van der Waals surface area contributed by atoms with Crippen LogP contribution in [0.25, 0.3) is 0 Å². The van der Waals surface area contributed by atoms with Crippen LogP contribution in [0.1, 0.15) is 19.3 Å². The van der Waals surface area contributed by atoms with Crippen LogP contribution in [0.2, 0.25) is 10.0 Å². The number of sulfonamides is 1. The fourth-order valence-electron chi connectivity index (χ4n) is 4.03. The maximum absolute atomic E-state index is 13.7. The molecule has 2 aliphatic heterocycles. The first-order chi connectivity index (χ1) is 15.7. The van der Waals surface area contributed by atoms with Crippen molar-refractivity contribution >= 4 is 50.7 Å². The van der Waals surface area contributed by atoms with Crippen molar-refractivity contribution in [2.75, 3.05) is 25.2 Å². The molecule has 2 aromatic carbocycles. The Labute approximate surface area is 202 Å². The molecule has 2 heterocycles. The lowest BCUT2D eigenvalue weighted by molar-refractivity contribution is -0.122. The second-order valence-electron chi connectivity index (χ2n) is 7.77. The first-order valence-electron chi connectivity index (χ1n) is 10.3. The molecule has 0 radical (unpaired) electrons. The van der Waals surface area contributed by atoms with Gasteiger partial charge in [-0.25, -0.2) is 13.3 Å². The van der Waals surface area contributed by atoms with Gasteiger partial charge < -0.3 is 9.47 Å². The zero-order valence-electron chi connectivity index (χ0n) is 17.7. The molecule has 2 fully saturated rings. The van der Waals surface area contributed by atoms with E-state index in [0.717, 1.165) is 15.6 Å². The van der Waals surface area contributed by atoms with Gasteiger partial charge in [0.2, 0.25) is 15.9 Å². The maximum atomic E-state index is 13.7. The molecule has 4 rings (SSSR count). The molecule has 2 saturated heterocycles. The fraction of sp³-hybridized carbons (Fsp3) is 0.364. The van der Waals surface area contributed by atoms with Crippen LogP contribution in [0.5, 0.6) is 5.75 Å². The number of carbonyl (C=O) groups is 2. The van der Waals surface area contributed by atoms with Gasteiger partial charge in [0.05, 0.1) is 30.3 Å². The van der Waals surface area contributed by atoms with Crippen molar-refractivity contribution in [2.24, 2.45) is 0 Å². The zero-order chi connectivity index (χ0) is 23.8. The van der Waals surface area contributed by atoms with Gasteiger partial charge in [-0.2, -0.15) is 4.31 Å². The number of rotatable bonds is 7. The third kappa shape index (κ3) is 4.74. The molecule has 0 aromatic heterocycles. The van der Waals surface area contributed by atoms with E-state index in [1.165, 1.54) is 25.3 Å². The molecule has 8 nitrogen and oxygen atoms in total. The summed E-state index contributed by atoms with van der Waals surface area (Å²) in [5.41, 5.74) is 0.337. The van der Waals surface area contributed by atoms with Gasteiger partial charge in [-0.3, -0.25) is 9.59 Å². The molecular formula is C22H22Cl2N2O6S. The van der Waals surface area contributed by atoms with E-state index in [-0.39, 0.29) is 27.9 Å². The molecule has 0 N–H and O–H groups in total. The highest BCUT2D eigenvalue weighted by Gasteiger charge is 2.48. The minimum absolute atomic E-state index is 0.0273. The minimum atomic E-state index is -4.28. The summed E-state index contributed by atoms with van der Waals surface area (Å²) in [4.78, 5) is 27.0. The van der Waals surface area contributed by atoms with Crippen molar-refractivity contribution < 1.29 is 27.5 Å². The van der Waals surface area contributed by atoms with Gasteiger partial charge in [0.15, 0.2) is 0 Å². The number of methoxy groups -OCH3 is 1. The Morgan fingerprint density at radius 2 is 1.88 bits per heavy atom. The zero-order valence-corrected chi connectivity index (χ0v) is 20.1. The molecule has 0 saturated carbocycles. The molecule has 0 spiro atoms. The molecule has 11 heteroatoms. The molecule has 2 aliphatic rings. The predicted octanol–water partition coefficient (Wildman–Crippen LogP) is 3.50. The van der Waals surface area contributed by atoms with Gasteiger partial charge in [-0.15, -0.1) is 0 Å². The van der Waals surface area contributed by atoms with Crippen LogP contribution in [0.4, 0.5) is 5.69 Å². The Morgan fingerprint density at radius 1 is 1.15 bits per heavy atom. The van der Waals surface area contributed by atoms with Crippen LogP contribution in [-0.2, 0) is 24.3 Å². The van der Waals surface area contributed by atoms with Gasteiger partial charge in [0.25, 0.3) is 5.91 Å². The van der Waals surface area contributed by atoms with E-state index >= 15 is 0 Å². The number of ether oxygens (including phenoxy) is 2. The molecule has 2 aromatic rings. The Balaban J connectivity index is 1.72. The maximum Gasteiger partial charge on any atom is 0.252 e. The summed E-state index contributed by atoms with van der Waals surface area (Å²) in [5.74, 6) is -0.572. The van der Waals surface area contributed by atoms with E-state index in [9.17, 15) is 18.0 Å². The van der Waals surface area contributed by atoms with Crippen molar-refractivity contribution in [3.8, 4) is 5.75 Å². The highest BCUT2D eigenvalue weighted by Crippen LogP contribution is 2.34. The first-order valence-corrected chi connectivity index (χ1v) is 12.5. The Morgan fingerprint density at radius 3 is 2.52 bits per heavy atom. The molecule has 0 bridgehead atoms. The summed E-state index contributed by atoms with van der Waals surface area (Å²) < 4.78 is 39.2. The molecule has 2 amide bonds. The van der Waals surface area contributed by atoms with Crippen molar-refractivity contribution in [1.82, 2.24) is 4.31 Å². The van der Waals surface area contributed by atoms with E-state index in [4.69, 9.17) is 32.7 Å². The van der Waals surface area contributed by atoms with E-state index in [1.54, 1.807) is 24.3 Å². The number of imide groups is 1. The minimum Gasteiger partial charge on any atom is -0.497 e. The predicted molar refractivity (Wildman–Crippen MR) is 123 cm³/mol. The van der Waals surface area contributed by atoms with Gasteiger partial charge in [-0.05, 0) is 55.3 Å². The fourth-order valence-corrected chi connectivity index (χ4v) is 6.38. The number of hydrogen-bond acceptors (Lipinski definition) is 6. The molecule has 2 unspecified atom stereocenters. The average molecular weight is 513 g/mol. The third-order valence-corrected chi connectivity index (χ3v) is 8.28. The summed E-state index contributed by atoms with van der Waals surface area (Å²) in [5, 5.41) is 0.157. The Kier molecular flexibility index (Phi) is 6.97. The number of benzene rings is 2. The molecule has 33 heavy (non-hydrogen) atoms. The second-order valence-corrected chi connectivity index (χ2v) is 10.5. The SMILES string of the molecule is COc1ccc(N2C(=O)CC(N(CC3CCCO3)S(=O)(=O)c3cc(Cl)ccc3Cl)C2=O)cc1. The number of anilines is 1. The topological polar surface area (TPSA) is 93.2 Å². The van der Waals surface area contributed by atoms with Gasteiger partial charge in [-0.1, -0.05) is 23.2 Å².